The van der Waals surface area contributed by atoms with Crippen LogP contribution in [0.4, 0.5) is 26.9 Å². The Morgan fingerprint density at radius 2 is 1.77 bits per heavy atom. The van der Waals surface area contributed by atoms with Crippen molar-refractivity contribution in [3.8, 4) is 6.01 Å². The highest BCUT2D eigenvalue weighted by molar-refractivity contribution is 6.00. The Morgan fingerprint density at radius 1 is 1.09 bits per heavy atom. The van der Waals surface area contributed by atoms with E-state index < -0.39 is 40.9 Å². The fraction of sp³-hybridized carbons (Fsp3) is 0.529. The van der Waals surface area contributed by atoms with Gasteiger partial charge in [0.15, 0.2) is 5.65 Å². The topological polar surface area (TPSA) is 140 Å². The number of carbonyl (C=O) groups is 3. The van der Waals surface area contributed by atoms with Crippen LogP contribution in [0.2, 0.25) is 0 Å². The van der Waals surface area contributed by atoms with E-state index in [0.29, 0.717) is 29.9 Å². The number of likely N-dealkylation sites (tertiary alicyclic amines) is 1. The molecular weight excluding hydrogens is 602 g/mol. The van der Waals surface area contributed by atoms with Gasteiger partial charge in [0, 0.05) is 16.8 Å². The Labute approximate surface area is 276 Å². The molecule has 2 aromatic heterocycles. The summed E-state index contributed by atoms with van der Waals surface area (Å²) in [6.45, 7) is 22.6. The minimum absolute atomic E-state index is 0.00779. The molecule has 1 aliphatic rings. The Kier molecular flexibility index (Phi) is 9.88. The Balaban J connectivity index is 1.82. The summed E-state index contributed by atoms with van der Waals surface area (Å²) in [5.41, 5.74) is 0.0919. The second kappa shape index (κ2) is 13.2. The Bertz CT molecular complexity index is 1650. The molecule has 0 bridgehead atoms. The number of amides is 3. The number of nitrogens with zero attached hydrogens (tertiary/aromatic N) is 6. The maximum Gasteiger partial charge on any atom is 0.421 e. The number of hydrogen-bond acceptors (Lipinski definition) is 9. The molecule has 1 N–H and O–H groups in total. The Morgan fingerprint density at radius 3 is 2.38 bits per heavy atom. The lowest BCUT2D eigenvalue weighted by molar-refractivity contribution is -0.111. The first-order valence-electron chi connectivity index (χ1n) is 15.8. The third-order valence-corrected chi connectivity index (χ3v) is 7.39. The van der Waals surface area contributed by atoms with Gasteiger partial charge >= 0.3 is 18.2 Å². The minimum atomic E-state index is -0.845. The molecule has 0 radical (unpaired) electrons. The molecule has 1 aliphatic heterocycles. The van der Waals surface area contributed by atoms with Crippen LogP contribution in [-0.2, 0) is 14.3 Å². The summed E-state index contributed by atoms with van der Waals surface area (Å²) in [5.74, 6) is -0.303. The predicted molar refractivity (Wildman–Crippen MR) is 179 cm³/mol. The minimum Gasteiger partial charge on any atom is -0.458 e. The van der Waals surface area contributed by atoms with E-state index >= 15 is 0 Å². The highest BCUT2D eigenvalue weighted by Crippen LogP contribution is 2.34. The van der Waals surface area contributed by atoms with Crippen LogP contribution in [0.5, 0.6) is 6.01 Å². The molecule has 254 valence electrons. The lowest BCUT2D eigenvalue weighted by Gasteiger charge is -2.45. The van der Waals surface area contributed by atoms with Crippen LogP contribution in [0, 0.1) is 0 Å². The van der Waals surface area contributed by atoms with Gasteiger partial charge in [-0.1, -0.05) is 26.5 Å². The third-order valence-electron chi connectivity index (χ3n) is 7.39. The van der Waals surface area contributed by atoms with Crippen LogP contribution in [0.3, 0.4) is 0 Å². The molecule has 0 aliphatic carbocycles. The van der Waals surface area contributed by atoms with Gasteiger partial charge in [-0.05, 0) is 98.4 Å². The number of carbonyl (C=O) groups excluding carboxylic acids is 3. The molecule has 3 aromatic rings. The lowest BCUT2D eigenvalue weighted by atomic mass is 9.89. The van der Waals surface area contributed by atoms with Gasteiger partial charge in [-0.2, -0.15) is 19.6 Å². The van der Waals surface area contributed by atoms with E-state index in [0.717, 1.165) is 11.6 Å². The van der Waals surface area contributed by atoms with E-state index in [1.807, 2.05) is 48.5 Å². The van der Waals surface area contributed by atoms with Crippen molar-refractivity contribution in [3.63, 3.8) is 0 Å². The molecular formula is C34H47N7O6. The van der Waals surface area contributed by atoms with E-state index in [1.54, 1.807) is 56.1 Å². The first kappa shape index (κ1) is 35.2. The van der Waals surface area contributed by atoms with Crippen molar-refractivity contribution in [3.05, 3.63) is 48.7 Å². The molecule has 13 heteroatoms. The number of ether oxygens (including phenoxy) is 3. The third kappa shape index (κ3) is 8.57. The van der Waals surface area contributed by atoms with Gasteiger partial charge in [-0.25, -0.2) is 14.5 Å². The zero-order chi connectivity index (χ0) is 34.9. The van der Waals surface area contributed by atoms with Gasteiger partial charge in [-0.15, -0.1) is 0 Å². The monoisotopic (exact) mass is 649 g/mol. The summed E-state index contributed by atoms with van der Waals surface area (Å²) in [7, 11) is 0. The van der Waals surface area contributed by atoms with E-state index in [2.05, 4.69) is 17.0 Å². The van der Waals surface area contributed by atoms with Crippen molar-refractivity contribution < 1.29 is 28.6 Å². The number of hydrogen-bond donors (Lipinski definition) is 1. The summed E-state index contributed by atoms with van der Waals surface area (Å²) in [6.07, 6.45) is 2.52. The van der Waals surface area contributed by atoms with Gasteiger partial charge in [0.2, 0.25) is 11.9 Å². The summed E-state index contributed by atoms with van der Waals surface area (Å²) in [4.78, 5) is 51.6. The average molecular weight is 650 g/mol. The molecule has 1 aromatic carbocycles. The zero-order valence-corrected chi connectivity index (χ0v) is 29.1. The van der Waals surface area contributed by atoms with Crippen LogP contribution >= 0.6 is 0 Å². The van der Waals surface area contributed by atoms with Crippen LogP contribution in [0.1, 0.15) is 93.6 Å². The smallest absolute Gasteiger partial charge is 0.421 e. The molecule has 3 heterocycles. The van der Waals surface area contributed by atoms with Gasteiger partial charge in [0.25, 0.3) is 0 Å². The zero-order valence-electron chi connectivity index (χ0n) is 29.1. The number of benzene rings is 1. The fourth-order valence-corrected chi connectivity index (χ4v) is 5.07. The van der Waals surface area contributed by atoms with E-state index in [4.69, 9.17) is 24.2 Å². The van der Waals surface area contributed by atoms with Crippen molar-refractivity contribution in [1.82, 2.24) is 24.5 Å². The SMILES string of the molecule is C=CC(=O)Nc1cccc(N(C(=O)OC(C)(C)C)c2nc(O[C@@H]3CCC(C)(C)N(C(=O)OC(C)(C)C)C3)nc3c(C(C)C)cnn23)c1. The summed E-state index contributed by atoms with van der Waals surface area (Å²) in [5, 5.41) is 7.28. The van der Waals surface area contributed by atoms with Crippen LogP contribution < -0.4 is 15.0 Å². The van der Waals surface area contributed by atoms with Crippen molar-refractivity contribution in [2.24, 2.45) is 0 Å². The van der Waals surface area contributed by atoms with Crippen molar-refractivity contribution >= 4 is 41.1 Å². The molecule has 3 amide bonds. The number of nitrogens with one attached hydrogen (secondary N) is 1. The molecule has 1 atom stereocenters. The number of anilines is 3. The average Bonchev–Trinajstić information content (AvgIpc) is 3.37. The van der Waals surface area contributed by atoms with Crippen molar-refractivity contribution in [2.45, 2.75) is 111 Å². The van der Waals surface area contributed by atoms with Crippen LogP contribution in [0.25, 0.3) is 5.65 Å². The highest BCUT2D eigenvalue weighted by atomic mass is 16.6. The van der Waals surface area contributed by atoms with E-state index in [-0.39, 0.29) is 24.4 Å². The number of aromatic nitrogens is 4. The van der Waals surface area contributed by atoms with Gasteiger partial charge in [0.1, 0.15) is 17.3 Å². The van der Waals surface area contributed by atoms with Crippen molar-refractivity contribution in [2.75, 3.05) is 16.8 Å². The van der Waals surface area contributed by atoms with Gasteiger partial charge < -0.3 is 19.5 Å². The summed E-state index contributed by atoms with van der Waals surface area (Å²) < 4.78 is 19.4. The Hall–Kier alpha value is -4.68. The van der Waals surface area contributed by atoms with Crippen LogP contribution in [-0.4, -0.2) is 72.0 Å². The molecule has 4 rings (SSSR count). The number of fused-ring (bicyclic) bond motifs is 1. The number of piperidine rings is 1. The number of rotatable bonds is 7. The molecule has 0 spiro atoms. The van der Waals surface area contributed by atoms with E-state index in [1.165, 1.54) is 9.42 Å². The fourth-order valence-electron chi connectivity index (χ4n) is 5.07. The van der Waals surface area contributed by atoms with Crippen molar-refractivity contribution in [1.29, 1.82) is 0 Å². The maximum atomic E-state index is 13.9. The molecule has 13 nitrogen and oxygen atoms in total. The summed E-state index contributed by atoms with van der Waals surface area (Å²) in [6, 6.07) is 6.70. The molecule has 0 unspecified atom stereocenters. The largest absolute Gasteiger partial charge is 0.458 e. The molecule has 1 fully saturated rings. The normalized spacial score (nSPS) is 16.5. The predicted octanol–water partition coefficient (Wildman–Crippen LogP) is 7.00. The molecule has 1 saturated heterocycles. The molecule has 0 saturated carbocycles. The maximum absolute atomic E-state index is 13.9. The first-order valence-corrected chi connectivity index (χ1v) is 15.8. The molecule has 47 heavy (non-hydrogen) atoms. The summed E-state index contributed by atoms with van der Waals surface area (Å²) >= 11 is 0. The quantitative estimate of drug-likeness (QED) is 0.268. The van der Waals surface area contributed by atoms with Gasteiger partial charge in [-0.3, -0.25) is 9.69 Å². The van der Waals surface area contributed by atoms with Gasteiger partial charge in [0.05, 0.1) is 18.4 Å². The second-order valence-electron chi connectivity index (χ2n) is 14.5. The first-order chi connectivity index (χ1) is 21.8. The standard InChI is InChI=1S/C34H47N7O6/c1-12-26(42)36-22-14-13-15-23(18-22)40(31(44)47-33(7,8)9)29-38-28(37-27-25(21(2)3)19-35-41(27)29)45-24-16-17-34(10,11)39(20-24)30(43)46-32(4,5)6/h12-15,18-19,21,24H,1,16-17,20H2,2-11H3,(H,36,42)/t24-/m1/s1. The highest BCUT2D eigenvalue weighted by Gasteiger charge is 2.41. The lowest BCUT2D eigenvalue weighted by Crippen LogP contribution is -2.57. The van der Waals surface area contributed by atoms with E-state index in [9.17, 15) is 14.4 Å². The van der Waals surface area contributed by atoms with Crippen LogP contribution in [0.15, 0.2) is 43.1 Å². The second-order valence-corrected chi connectivity index (χ2v) is 14.5.